The van der Waals surface area contributed by atoms with Crippen molar-refractivity contribution in [2.75, 3.05) is 20.1 Å². The largest absolute Gasteiger partial charge is 0.512 e. The zero-order valence-electron chi connectivity index (χ0n) is 28.0. The lowest BCUT2D eigenvalue weighted by atomic mass is 9.91. The van der Waals surface area contributed by atoms with Gasteiger partial charge in [-0.3, -0.25) is 4.79 Å². The van der Waals surface area contributed by atoms with Crippen LogP contribution in [-0.4, -0.2) is 58.7 Å². The SMILES string of the molecule is CC=C=CC(/C=C/C(=N)/C=C/[C@H](CC)CNCCC)=C(/C(C)CC(C)C)N(C)C(=O)C(=C(C)O)C(O)C(=N)CCC1CC1. The van der Waals surface area contributed by atoms with E-state index < -0.39 is 12.0 Å². The maximum Gasteiger partial charge on any atom is 0.260 e. The first-order chi connectivity index (χ1) is 20.4. The minimum absolute atomic E-state index is 0.0438. The zero-order chi connectivity index (χ0) is 32.5. The fourth-order valence-electron chi connectivity index (χ4n) is 5.13. The summed E-state index contributed by atoms with van der Waals surface area (Å²) in [4.78, 5) is 15.4. The molecule has 3 atom stereocenters. The molecular formula is C36H58N4O3. The van der Waals surface area contributed by atoms with Gasteiger partial charge in [-0.15, -0.1) is 5.73 Å². The molecule has 0 heterocycles. The van der Waals surface area contributed by atoms with Crippen LogP contribution in [0.4, 0.5) is 0 Å². The van der Waals surface area contributed by atoms with E-state index in [1.165, 1.54) is 11.8 Å². The molecule has 43 heavy (non-hydrogen) atoms. The van der Waals surface area contributed by atoms with Gasteiger partial charge in [-0.2, -0.15) is 0 Å². The van der Waals surface area contributed by atoms with Gasteiger partial charge in [-0.25, -0.2) is 0 Å². The fraction of sp³-hybridized carbons (Fsp3) is 0.611. The third-order valence-corrected chi connectivity index (χ3v) is 7.75. The van der Waals surface area contributed by atoms with Crippen molar-refractivity contribution < 1.29 is 15.0 Å². The smallest absolute Gasteiger partial charge is 0.260 e. The molecule has 240 valence electrons. The monoisotopic (exact) mass is 594 g/mol. The van der Waals surface area contributed by atoms with Gasteiger partial charge >= 0.3 is 0 Å². The molecule has 2 unspecified atom stereocenters. The molecule has 1 fully saturated rings. The highest BCUT2D eigenvalue weighted by atomic mass is 16.3. The van der Waals surface area contributed by atoms with E-state index in [2.05, 4.69) is 51.7 Å². The van der Waals surface area contributed by atoms with Crippen LogP contribution in [0, 0.1) is 34.5 Å². The molecular weight excluding hydrogens is 536 g/mol. The minimum Gasteiger partial charge on any atom is -0.512 e. The number of aliphatic hydroxyl groups is 2. The van der Waals surface area contributed by atoms with E-state index in [0.29, 0.717) is 41.2 Å². The maximum absolute atomic E-state index is 13.9. The fourth-order valence-corrected chi connectivity index (χ4v) is 5.13. The Balaban J connectivity index is 3.47. The van der Waals surface area contributed by atoms with Crippen LogP contribution in [0.2, 0.25) is 0 Å². The van der Waals surface area contributed by atoms with Gasteiger partial charge in [0.15, 0.2) is 0 Å². The number of carbonyl (C=O) groups excluding carboxylic acids is 1. The number of rotatable bonds is 20. The predicted molar refractivity (Wildman–Crippen MR) is 181 cm³/mol. The molecule has 0 aromatic carbocycles. The second-order valence-electron chi connectivity index (χ2n) is 12.3. The summed E-state index contributed by atoms with van der Waals surface area (Å²) in [5, 5.41) is 42.0. The van der Waals surface area contributed by atoms with Crippen LogP contribution in [0.15, 0.2) is 64.8 Å². The first kappa shape index (κ1) is 38.0. The highest BCUT2D eigenvalue weighted by Crippen LogP contribution is 2.34. The number of hydrogen-bond donors (Lipinski definition) is 5. The molecule has 1 aliphatic carbocycles. The number of nitrogens with one attached hydrogen (secondary N) is 3. The molecule has 0 aliphatic heterocycles. The molecule has 0 saturated heterocycles. The van der Waals surface area contributed by atoms with Gasteiger partial charge in [0.1, 0.15) is 11.9 Å². The van der Waals surface area contributed by atoms with E-state index >= 15 is 0 Å². The Morgan fingerprint density at radius 1 is 1.14 bits per heavy atom. The Bertz CT molecular complexity index is 1110. The van der Waals surface area contributed by atoms with Crippen LogP contribution in [0.5, 0.6) is 0 Å². The highest BCUT2D eigenvalue weighted by Gasteiger charge is 2.32. The Kier molecular flexibility index (Phi) is 17.7. The van der Waals surface area contributed by atoms with Gasteiger partial charge in [0.05, 0.1) is 11.3 Å². The molecule has 0 aromatic rings. The summed E-state index contributed by atoms with van der Waals surface area (Å²) in [6.45, 7) is 15.7. The lowest BCUT2D eigenvalue weighted by Gasteiger charge is -2.30. The molecule has 1 rings (SSSR count). The van der Waals surface area contributed by atoms with Crippen molar-refractivity contribution in [3.63, 3.8) is 0 Å². The number of nitrogens with zero attached hydrogens (tertiary/aromatic N) is 1. The predicted octanol–water partition coefficient (Wildman–Crippen LogP) is 7.67. The summed E-state index contributed by atoms with van der Waals surface area (Å²) < 4.78 is 0. The van der Waals surface area contributed by atoms with E-state index in [4.69, 9.17) is 10.8 Å². The molecule has 0 aromatic heterocycles. The molecule has 0 radical (unpaired) electrons. The minimum atomic E-state index is -1.47. The van der Waals surface area contributed by atoms with Crippen molar-refractivity contribution in [3.8, 4) is 0 Å². The molecule has 1 saturated carbocycles. The summed E-state index contributed by atoms with van der Waals surface area (Å²) in [5.41, 5.74) is 4.76. The number of aliphatic hydroxyl groups excluding tert-OH is 2. The molecule has 7 nitrogen and oxygen atoms in total. The van der Waals surface area contributed by atoms with Crippen molar-refractivity contribution in [2.45, 2.75) is 99.5 Å². The Labute approximate surface area is 261 Å². The van der Waals surface area contributed by atoms with Crippen LogP contribution in [-0.2, 0) is 4.79 Å². The molecule has 0 spiro atoms. The average Bonchev–Trinajstić information content (AvgIpc) is 3.78. The Morgan fingerprint density at radius 3 is 2.35 bits per heavy atom. The zero-order valence-corrected chi connectivity index (χ0v) is 28.0. The quantitative estimate of drug-likeness (QED) is 0.0248. The summed E-state index contributed by atoms with van der Waals surface area (Å²) in [7, 11) is 1.65. The number of carbonyl (C=O) groups is 1. The van der Waals surface area contributed by atoms with Gasteiger partial charge in [0, 0.05) is 30.6 Å². The average molecular weight is 595 g/mol. The summed E-state index contributed by atoms with van der Waals surface area (Å²) in [5.74, 6) is 0.386. The van der Waals surface area contributed by atoms with Gasteiger partial charge in [-0.1, -0.05) is 59.6 Å². The first-order valence-electron chi connectivity index (χ1n) is 16.1. The lowest BCUT2D eigenvalue weighted by Crippen LogP contribution is -2.38. The summed E-state index contributed by atoms with van der Waals surface area (Å²) >= 11 is 0. The van der Waals surface area contributed by atoms with E-state index in [1.807, 2.05) is 19.1 Å². The Morgan fingerprint density at radius 2 is 1.81 bits per heavy atom. The van der Waals surface area contributed by atoms with E-state index in [9.17, 15) is 15.0 Å². The van der Waals surface area contributed by atoms with Crippen LogP contribution in [0.3, 0.4) is 0 Å². The molecule has 5 N–H and O–H groups in total. The normalized spacial score (nSPS) is 16.8. The number of allylic oxidation sites excluding steroid dienone is 7. The third-order valence-electron chi connectivity index (χ3n) is 7.75. The first-order valence-corrected chi connectivity index (χ1v) is 16.1. The highest BCUT2D eigenvalue weighted by molar-refractivity contribution is 6.04. The number of likely N-dealkylation sites (N-methyl/N-ethyl adjacent to an activating group) is 1. The number of hydrogen-bond acceptors (Lipinski definition) is 6. The summed E-state index contributed by atoms with van der Waals surface area (Å²) in [6, 6.07) is 0. The second-order valence-corrected chi connectivity index (χ2v) is 12.3. The molecule has 1 aliphatic rings. The van der Waals surface area contributed by atoms with Crippen LogP contribution in [0.25, 0.3) is 0 Å². The van der Waals surface area contributed by atoms with Crippen molar-refractivity contribution in [1.29, 1.82) is 10.8 Å². The van der Waals surface area contributed by atoms with Crippen molar-refractivity contribution in [1.82, 2.24) is 10.2 Å². The van der Waals surface area contributed by atoms with Gasteiger partial charge in [-0.05, 0) is 100 Å². The van der Waals surface area contributed by atoms with Crippen molar-refractivity contribution in [3.05, 3.63) is 64.8 Å². The molecule has 7 heteroatoms. The van der Waals surface area contributed by atoms with Crippen molar-refractivity contribution >= 4 is 17.3 Å². The van der Waals surface area contributed by atoms with Crippen LogP contribution in [0.1, 0.15) is 93.4 Å². The standard InChI is InChI=1S/C36H58N4O3/c1-9-12-13-30(18-20-31(37)19-16-28(11-3)24-39-22-10-2)34(26(6)23-25(4)5)40(8)36(43)33(27(7)41)35(42)32(38)21-17-29-14-15-29/h9,13,16,18-20,25-26,28-29,35,37-39,41-42H,10-11,14-15,17,21-24H2,1-8H3/b19-16+,20-18+,33-27?,34-30+,37-31?,38-32?/t12?,26?,28-,35?/m0/s1. The second kappa shape index (κ2) is 20.1. The van der Waals surface area contributed by atoms with Gasteiger partial charge in [0.2, 0.25) is 0 Å². The van der Waals surface area contributed by atoms with E-state index in [-0.39, 0.29) is 23.0 Å². The molecule has 1 amide bonds. The van der Waals surface area contributed by atoms with Gasteiger partial charge < -0.3 is 31.2 Å². The third kappa shape index (κ3) is 13.9. The van der Waals surface area contributed by atoms with E-state index in [1.54, 1.807) is 25.3 Å². The maximum atomic E-state index is 13.9. The number of amides is 1. The van der Waals surface area contributed by atoms with Crippen LogP contribution >= 0.6 is 0 Å². The topological polar surface area (TPSA) is 120 Å². The van der Waals surface area contributed by atoms with Crippen molar-refractivity contribution in [2.24, 2.45) is 23.7 Å². The van der Waals surface area contributed by atoms with Crippen LogP contribution < -0.4 is 5.32 Å². The van der Waals surface area contributed by atoms with Gasteiger partial charge in [0.25, 0.3) is 5.91 Å². The summed E-state index contributed by atoms with van der Waals surface area (Å²) in [6.07, 6.45) is 15.9. The molecule has 0 bridgehead atoms. The van der Waals surface area contributed by atoms with E-state index in [0.717, 1.165) is 51.6 Å². The lowest BCUT2D eigenvalue weighted by molar-refractivity contribution is -0.125. The Hall–Kier alpha value is -2.99.